The Balaban J connectivity index is 1.49. The Labute approximate surface area is 250 Å². The SMILES string of the molecule is NCc1ccc(Cl)cc1CNC(=O)[C@@H]1CCCN1C(=O)[C@@H](CC(=O)N1CCSCC1)NS(=O)(=O)Cc1ccccc1. The molecule has 0 bridgehead atoms. The second kappa shape index (κ2) is 14.5. The van der Waals surface area contributed by atoms with Gasteiger partial charge in [-0.2, -0.15) is 11.8 Å². The standard InChI is InChI=1S/C28H36ClN5O5S2/c29-23-9-8-21(17-30)22(15-23)18-31-27(36)25-7-4-10-34(25)28(37)24(16-26(35)33-11-13-40-14-12-33)32-41(38,39)19-20-5-2-1-3-6-20/h1-3,5-6,8-9,15,24-25,32H,4,7,10-14,16-19,30H2,(H,31,36)/t24-,25+/m1/s1. The summed E-state index contributed by atoms with van der Waals surface area (Å²) in [6.45, 7) is 1.84. The van der Waals surface area contributed by atoms with E-state index in [0.717, 1.165) is 22.6 Å². The first-order chi connectivity index (χ1) is 19.7. The van der Waals surface area contributed by atoms with Crippen LogP contribution >= 0.6 is 23.4 Å². The molecule has 0 aliphatic carbocycles. The number of hydrogen-bond acceptors (Lipinski definition) is 7. The highest BCUT2D eigenvalue weighted by molar-refractivity contribution is 7.99. The maximum atomic E-state index is 13.8. The number of carbonyl (C=O) groups excluding carboxylic acids is 3. The van der Waals surface area contributed by atoms with Gasteiger partial charge in [0.25, 0.3) is 0 Å². The number of halogens is 1. The molecule has 2 aromatic rings. The Bertz CT molecular complexity index is 1340. The van der Waals surface area contributed by atoms with E-state index in [-0.39, 0.29) is 43.6 Å². The molecule has 0 unspecified atom stereocenters. The van der Waals surface area contributed by atoms with E-state index in [1.807, 2.05) is 0 Å². The molecule has 0 aromatic heterocycles. The second-order valence-electron chi connectivity index (χ2n) is 10.1. The third kappa shape index (κ3) is 8.68. The third-order valence-corrected chi connectivity index (χ3v) is 9.78. The molecule has 0 radical (unpaired) electrons. The molecule has 2 saturated heterocycles. The van der Waals surface area contributed by atoms with Crippen LogP contribution in [0.1, 0.15) is 36.0 Å². The number of sulfonamides is 1. The molecule has 2 heterocycles. The molecule has 2 aromatic carbocycles. The van der Waals surface area contributed by atoms with Crippen LogP contribution in [0, 0.1) is 0 Å². The number of nitrogens with one attached hydrogen (secondary N) is 2. The molecule has 0 spiro atoms. The lowest BCUT2D eigenvalue weighted by atomic mass is 10.1. The van der Waals surface area contributed by atoms with Gasteiger partial charge in [-0.05, 0) is 41.7 Å². The zero-order valence-corrected chi connectivity index (χ0v) is 25.1. The first-order valence-corrected chi connectivity index (χ1v) is 16.8. The minimum atomic E-state index is -3.98. The Kier molecular flexibility index (Phi) is 11.1. The molecule has 2 atom stereocenters. The molecule has 4 N–H and O–H groups in total. The Morgan fingerprint density at radius 2 is 1.78 bits per heavy atom. The van der Waals surface area contributed by atoms with Gasteiger partial charge in [0.05, 0.1) is 12.2 Å². The van der Waals surface area contributed by atoms with Crippen molar-refractivity contribution in [3.05, 3.63) is 70.2 Å². The first kappa shape index (κ1) is 31.3. The summed E-state index contributed by atoms with van der Waals surface area (Å²) in [6.07, 6.45) is 0.693. The maximum absolute atomic E-state index is 13.8. The molecule has 222 valence electrons. The van der Waals surface area contributed by atoms with Crippen LogP contribution in [0.15, 0.2) is 48.5 Å². The fraction of sp³-hybridized carbons (Fsp3) is 0.464. The van der Waals surface area contributed by atoms with Crippen LogP contribution < -0.4 is 15.8 Å². The Morgan fingerprint density at radius 1 is 1.05 bits per heavy atom. The van der Waals surface area contributed by atoms with Gasteiger partial charge in [-0.1, -0.05) is 48.0 Å². The maximum Gasteiger partial charge on any atom is 0.243 e. The average molecular weight is 622 g/mol. The van der Waals surface area contributed by atoms with E-state index in [1.165, 1.54) is 4.90 Å². The molecule has 2 aliphatic rings. The monoisotopic (exact) mass is 621 g/mol. The van der Waals surface area contributed by atoms with Gasteiger partial charge < -0.3 is 20.9 Å². The van der Waals surface area contributed by atoms with E-state index in [0.29, 0.717) is 36.5 Å². The number of hydrogen-bond donors (Lipinski definition) is 3. The summed E-state index contributed by atoms with van der Waals surface area (Å²) in [4.78, 5) is 43.3. The van der Waals surface area contributed by atoms with Gasteiger partial charge in [-0.25, -0.2) is 13.1 Å². The van der Waals surface area contributed by atoms with Gasteiger partial charge >= 0.3 is 0 Å². The highest BCUT2D eigenvalue weighted by Gasteiger charge is 2.39. The number of nitrogens with zero attached hydrogens (tertiary/aromatic N) is 2. The molecule has 3 amide bonds. The zero-order chi connectivity index (χ0) is 29.4. The number of rotatable bonds is 11. The summed E-state index contributed by atoms with van der Waals surface area (Å²) < 4.78 is 28.8. The summed E-state index contributed by atoms with van der Waals surface area (Å²) >= 11 is 7.87. The van der Waals surface area contributed by atoms with Crippen LogP contribution in [-0.4, -0.2) is 79.2 Å². The van der Waals surface area contributed by atoms with Crippen LogP contribution in [0.5, 0.6) is 0 Å². The van der Waals surface area contributed by atoms with E-state index in [1.54, 1.807) is 65.2 Å². The fourth-order valence-corrected chi connectivity index (χ4v) is 7.54. The normalized spacial score (nSPS) is 18.2. The highest BCUT2D eigenvalue weighted by Crippen LogP contribution is 2.22. The van der Waals surface area contributed by atoms with E-state index < -0.39 is 28.0 Å². The van der Waals surface area contributed by atoms with E-state index in [2.05, 4.69) is 10.0 Å². The largest absolute Gasteiger partial charge is 0.350 e. The number of amides is 3. The van der Waals surface area contributed by atoms with Gasteiger partial charge in [-0.3, -0.25) is 14.4 Å². The molecule has 2 aliphatic heterocycles. The zero-order valence-electron chi connectivity index (χ0n) is 22.8. The van der Waals surface area contributed by atoms with Gasteiger partial charge in [0.15, 0.2) is 0 Å². The molecular formula is C28H36ClN5O5S2. The molecule has 2 fully saturated rings. The van der Waals surface area contributed by atoms with Crippen LogP contribution in [0.4, 0.5) is 0 Å². The predicted octanol–water partition coefficient (Wildman–Crippen LogP) is 1.86. The lowest BCUT2D eigenvalue weighted by Crippen LogP contribution is -2.55. The van der Waals surface area contributed by atoms with Crippen LogP contribution in [0.3, 0.4) is 0 Å². The molecule has 10 nitrogen and oxygen atoms in total. The van der Waals surface area contributed by atoms with E-state index >= 15 is 0 Å². The predicted molar refractivity (Wildman–Crippen MR) is 160 cm³/mol. The van der Waals surface area contributed by atoms with Crippen molar-refractivity contribution in [1.29, 1.82) is 0 Å². The quantitative estimate of drug-likeness (QED) is 0.348. The molecule has 4 rings (SSSR count). The third-order valence-electron chi connectivity index (χ3n) is 7.24. The molecule has 0 saturated carbocycles. The fourth-order valence-electron chi connectivity index (χ4n) is 5.11. The Hall–Kier alpha value is -2.64. The number of likely N-dealkylation sites (tertiary alicyclic amines) is 1. The first-order valence-electron chi connectivity index (χ1n) is 13.6. The van der Waals surface area contributed by atoms with Crippen molar-refractivity contribution in [2.45, 2.75) is 50.2 Å². The second-order valence-corrected chi connectivity index (χ2v) is 13.6. The lowest BCUT2D eigenvalue weighted by molar-refractivity contribution is -0.142. The number of nitrogens with two attached hydrogens (primary N) is 1. The smallest absolute Gasteiger partial charge is 0.243 e. The van der Waals surface area contributed by atoms with Gasteiger partial charge in [0.2, 0.25) is 27.7 Å². The van der Waals surface area contributed by atoms with Crippen molar-refractivity contribution >= 4 is 51.1 Å². The van der Waals surface area contributed by atoms with E-state index in [4.69, 9.17) is 17.3 Å². The summed E-state index contributed by atoms with van der Waals surface area (Å²) in [5.74, 6) is 0.0163. The molecule has 41 heavy (non-hydrogen) atoms. The summed E-state index contributed by atoms with van der Waals surface area (Å²) in [6, 6.07) is 11.8. The van der Waals surface area contributed by atoms with Gasteiger partial charge in [0, 0.05) is 49.3 Å². The Morgan fingerprint density at radius 3 is 2.49 bits per heavy atom. The van der Waals surface area contributed by atoms with Gasteiger partial charge in [0.1, 0.15) is 12.1 Å². The minimum absolute atomic E-state index is 0.184. The van der Waals surface area contributed by atoms with Crippen LogP contribution in [0.2, 0.25) is 5.02 Å². The summed E-state index contributed by atoms with van der Waals surface area (Å²) in [5.41, 5.74) is 8.00. The van der Waals surface area contributed by atoms with Crippen molar-refractivity contribution in [1.82, 2.24) is 19.8 Å². The topological polar surface area (TPSA) is 142 Å². The summed E-state index contributed by atoms with van der Waals surface area (Å²) in [7, 11) is -3.98. The summed E-state index contributed by atoms with van der Waals surface area (Å²) in [5, 5.41) is 3.40. The van der Waals surface area contributed by atoms with Crippen molar-refractivity contribution in [2.75, 3.05) is 31.1 Å². The van der Waals surface area contributed by atoms with Crippen molar-refractivity contribution < 1.29 is 22.8 Å². The van der Waals surface area contributed by atoms with E-state index in [9.17, 15) is 22.8 Å². The highest BCUT2D eigenvalue weighted by atomic mass is 35.5. The van der Waals surface area contributed by atoms with Crippen LogP contribution in [-0.2, 0) is 43.2 Å². The van der Waals surface area contributed by atoms with Crippen molar-refractivity contribution in [3.63, 3.8) is 0 Å². The van der Waals surface area contributed by atoms with Crippen LogP contribution in [0.25, 0.3) is 0 Å². The van der Waals surface area contributed by atoms with Crippen molar-refractivity contribution in [2.24, 2.45) is 5.73 Å². The van der Waals surface area contributed by atoms with Gasteiger partial charge in [-0.15, -0.1) is 0 Å². The average Bonchev–Trinajstić information content (AvgIpc) is 3.46. The lowest BCUT2D eigenvalue weighted by Gasteiger charge is -2.31. The number of carbonyl (C=O) groups is 3. The minimum Gasteiger partial charge on any atom is -0.350 e. The number of thioether (sulfide) groups is 1. The van der Waals surface area contributed by atoms with Crippen molar-refractivity contribution in [3.8, 4) is 0 Å². The number of benzene rings is 2. The molecular weight excluding hydrogens is 586 g/mol. The molecule has 13 heteroatoms.